The van der Waals surface area contributed by atoms with Gasteiger partial charge in [0.25, 0.3) is 0 Å². The molecule has 0 saturated heterocycles. The van der Waals surface area contributed by atoms with Crippen molar-refractivity contribution in [3.05, 3.63) is 29.6 Å². The topological polar surface area (TPSA) is 21.3 Å². The van der Waals surface area contributed by atoms with Gasteiger partial charge in [0.2, 0.25) is 0 Å². The highest BCUT2D eigenvalue weighted by Crippen LogP contribution is 2.17. The summed E-state index contributed by atoms with van der Waals surface area (Å²) in [6.45, 7) is 1.49. The molecule has 0 aromatic heterocycles. The molecule has 0 bridgehead atoms. The Morgan fingerprint density at radius 2 is 2.27 bits per heavy atom. The number of hydrogen-bond acceptors (Lipinski definition) is 2. The van der Waals surface area contributed by atoms with E-state index in [1.807, 2.05) is 6.07 Å². The second-order valence-electron chi connectivity index (χ2n) is 3.19. The maximum Gasteiger partial charge on any atom is 0.165 e. The molecule has 2 nitrogen and oxygen atoms in total. The van der Waals surface area contributed by atoms with Crippen LogP contribution in [0.3, 0.4) is 0 Å². The summed E-state index contributed by atoms with van der Waals surface area (Å²) in [5.74, 6) is 0.595. The molecule has 15 heavy (non-hydrogen) atoms. The van der Waals surface area contributed by atoms with E-state index in [-0.39, 0.29) is 11.6 Å². The van der Waals surface area contributed by atoms with Crippen LogP contribution in [-0.2, 0) is 6.54 Å². The zero-order chi connectivity index (χ0) is 11.1. The molecule has 84 valence electrons. The number of halogens is 2. The van der Waals surface area contributed by atoms with E-state index in [2.05, 4.69) is 5.32 Å². The lowest BCUT2D eigenvalue weighted by Crippen LogP contribution is -2.15. The Morgan fingerprint density at radius 1 is 1.47 bits per heavy atom. The molecule has 1 aromatic rings. The molecule has 0 amide bonds. The number of benzene rings is 1. The summed E-state index contributed by atoms with van der Waals surface area (Å²) in [7, 11) is 1.46. The molecule has 0 saturated carbocycles. The summed E-state index contributed by atoms with van der Waals surface area (Å²) in [6.07, 6.45) is 0.917. The van der Waals surface area contributed by atoms with Gasteiger partial charge < -0.3 is 10.1 Å². The van der Waals surface area contributed by atoms with Gasteiger partial charge >= 0.3 is 0 Å². The van der Waals surface area contributed by atoms with E-state index in [0.717, 1.165) is 18.5 Å². The van der Waals surface area contributed by atoms with Gasteiger partial charge in [-0.3, -0.25) is 0 Å². The number of rotatable bonds is 6. The van der Waals surface area contributed by atoms with Crippen LogP contribution >= 0.6 is 11.6 Å². The molecule has 0 heterocycles. The van der Waals surface area contributed by atoms with Crippen molar-refractivity contribution in [2.75, 3.05) is 19.5 Å². The lowest BCUT2D eigenvalue weighted by Gasteiger charge is -2.06. The maximum atomic E-state index is 13.3. The summed E-state index contributed by atoms with van der Waals surface area (Å²) < 4.78 is 18.1. The predicted octanol–water partition coefficient (Wildman–Crippen LogP) is 2.55. The molecule has 0 fully saturated rings. The van der Waals surface area contributed by atoms with Crippen LogP contribution < -0.4 is 10.1 Å². The molecule has 1 N–H and O–H groups in total. The average molecular weight is 232 g/mol. The van der Waals surface area contributed by atoms with Gasteiger partial charge in [-0.05, 0) is 30.7 Å². The minimum absolute atomic E-state index is 0.277. The van der Waals surface area contributed by atoms with Gasteiger partial charge in [-0.2, -0.15) is 0 Å². The maximum absolute atomic E-state index is 13.3. The first kappa shape index (κ1) is 12.3. The van der Waals surface area contributed by atoms with Crippen LogP contribution in [-0.4, -0.2) is 19.5 Å². The third kappa shape index (κ3) is 4.06. The minimum atomic E-state index is -0.325. The van der Waals surface area contributed by atoms with Gasteiger partial charge in [-0.1, -0.05) is 6.07 Å². The summed E-state index contributed by atoms with van der Waals surface area (Å²) in [4.78, 5) is 0. The highest BCUT2D eigenvalue weighted by Gasteiger charge is 2.02. The third-order valence-corrected chi connectivity index (χ3v) is 2.30. The molecule has 0 aliphatic heterocycles. The van der Waals surface area contributed by atoms with E-state index in [4.69, 9.17) is 16.3 Å². The number of nitrogens with one attached hydrogen (secondary N) is 1. The largest absolute Gasteiger partial charge is 0.494 e. The second-order valence-corrected chi connectivity index (χ2v) is 3.57. The fourth-order valence-corrected chi connectivity index (χ4v) is 1.38. The Balaban J connectivity index is 2.45. The molecule has 1 rings (SSSR count). The number of alkyl halides is 1. The van der Waals surface area contributed by atoms with E-state index >= 15 is 0 Å². The van der Waals surface area contributed by atoms with Crippen LogP contribution in [0.25, 0.3) is 0 Å². The lowest BCUT2D eigenvalue weighted by atomic mass is 10.2. The predicted molar refractivity (Wildman–Crippen MR) is 60.0 cm³/mol. The van der Waals surface area contributed by atoms with Crippen molar-refractivity contribution in [2.45, 2.75) is 13.0 Å². The Kier molecular flexibility index (Phi) is 5.43. The molecule has 0 unspecified atom stereocenters. The van der Waals surface area contributed by atoms with E-state index in [0.29, 0.717) is 12.4 Å². The van der Waals surface area contributed by atoms with Crippen LogP contribution in [0.5, 0.6) is 5.75 Å². The minimum Gasteiger partial charge on any atom is -0.494 e. The molecule has 0 aliphatic carbocycles. The Hall–Kier alpha value is -0.800. The van der Waals surface area contributed by atoms with Gasteiger partial charge in [0, 0.05) is 12.4 Å². The van der Waals surface area contributed by atoms with E-state index in [1.165, 1.54) is 13.2 Å². The van der Waals surface area contributed by atoms with Crippen molar-refractivity contribution in [3.8, 4) is 5.75 Å². The number of ether oxygens (including phenoxy) is 1. The Labute approximate surface area is 94.4 Å². The van der Waals surface area contributed by atoms with Crippen LogP contribution in [0.15, 0.2) is 18.2 Å². The fourth-order valence-electron chi connectivity index (χ4n) is 1.24. The van der Waals surface area contributed by atoms with Crippen molar-refractivity contribution in [2.24, 2.45) is 0 Å². The molecule has 0 atom stereocenters. The van der Waals surface area contributed by atoms with Crippen molar-refractivity contribution in [1.82, 2.24) is 5.32 Å². The molecule has 4 heteroatoms. The Morgan fingerprint density at radius 3 is 2.87 bits per heavy atom. The van der Waals surface area contributed by atoms with Crippen LogP contribution in [0.2, 0.25) is 0 Å². The highest BCUT2D eigenvalue weighted by atomic mass is 35.5. The summed E-state index contributed by atoms with van der Waals surface area (Å²) in [5.41, 5.74) is 0.905. The van der Waals surface area contributed by atoms with Crippen molar-refractivity contribution >= 4 is 11.6 Å². The molecule has 0 spiro atoms. The average Bonchev–Trinajstić information content (AvgIpc) is 2.25. The Bertz CT molecular complexity index is 307. The van der Waals surface area contributed by atoms with Crippen molar-refractivity contribution in [1.29, 1.82) is 0 Å². The van der Waals surface area contributed by atoms with E-state index in [1.54, 1.807) is 6.07 Å². The van der Waals surface area contributed by atoms with E-state index < -0.39 is 0 Å². The van der Waals surface area contributed by atoms with Crippen LogP contribution in [0.4, 0.5) is 4.39 Å². The van der Waals surface area contributed by atoms with Gasteiger partial charge in [-0.15, -0.1) is 11.6 Å². The lowest BCUT2D eigenvalue weighted by molar-refractivity contribution is 0.386. The zero-order valence-corrected chi connectivity index (χ0v) is 9.48. The first-order valence-electron chi connectivity index (χ1n) is 4.87. The number of methoxy groups -OCH3 is 1. The zero-order valence-electron chi connectivity index (χ0n) is 8.72. The second kappa shape index (κ2) is 6.64. The van der Waals surface area contributed by atoms with Crippen molar-refractivity contribution < 1.29 is 9.13 Å². The number of hydrogen-bond donors (Lipinski definition) is 1. The van der Waals surface area contributed by atoms with Gasteiger partial charge in [0.1, 0.15) is 0 Å². The van der Waals surface area contributed by atoms with Crippen molar-refractivity contribution in [3.63, 3.8) is 0 Å². The van der Waals surface area contributed by atoms with E-state index in [9.17, 15) is 4.39 Å². The van der Waals surface area contributed by atoms with Gasteiger partial charge in [0.05, 0.1) is 7.11 Å². The van der Waals surface area contributed by atoms with Crippen LogP contribution in [0.1, 0.15) is 12.0 Å². The van der Waals surface area contributed by atoms with Gasteiger partial charge in [0.15, 0.2) is 11.6 Å². The van der Waals surface area contributed by atoms with Gasteiger partial charge in [-0.25, -0.2) is 4.39 Å². The summed E-state index contributed by atoms with van der Waals surface area (Å²) in [5, 5.41) is 3.18. The molecular weight excluding hydrogens is 217 g/mol. The first-order valence-corrected chi connectivity index (χ1v) is 5.40. The molecule has 1 aromatic carbocycles. The molecule has 0 radical (unpaired) electrons. The van der Waals surface area contributed by atoms with Crippen LogP contribution in [0, 0.1) is 5.82 Å². The standard InChI is InChI=1S/C11H15ClFNO/c1-15-11-4-3-9(7-10(11)13)8-14-6-2-5-12/h3-4,7,14H,2,5-6,8H2,1H3. The molecule has 0 aliphatic rings. The first-order chi connectivity index (χ1) is 7.27. The monoisotopic (exact) mass is 231 g/mol. The summed E-state index contributed by atoms with van der Waals surface area (Å²) >= 11 is 5.53. The quantitative estimate of drug-likeness (QED) is 0.600. The third-order valence-electron chi connectivity index (χ3n) is 2.03. The summed E-state index contributed by atoms with van der Waals surface area (Å²) in [6, 6.07) is 4.95. The smallest absolute Gasteiger partial charge is 0.165 e. The molecular formula is C11H15ClFNO. The SMILES string of the molecule is COc1ccc(CNCCCCl)cc1F. The highest BCUT2D eigenvalue weighted by molar-refractivity contribution is 6.17. The fraction of sp³-hybridized carbons (Fsp3) is 0.455. The normalized spacial score (nSPS) is 10.3.